The van der Waals surface area contributed by atoms with Gasteiger partial charge in [0.2, 0.25) is 0 Å². The average molecular weight is 645 g/mol. The molecule has 46 heavy (non-hydrogen) atoms. The van der Waals surface area contributed by atoms with Crippen molar-refractivity contribution in [3.05, 3.63) is 47.0 Å². The van der Waals surface area contributed by atoms with Gasteiger partial charge in [-0.3, -0.25) is 14.4 Å². The van der Waals surface area contributed by atoms with Crippen LogP contribution in [0.3, 0.4) is 0 Å². The quantitative estimate of drug-likeness (QED) is 0.243. The summed E-state index contributed by atoms with van der Waals surface area (Å²) in [5.41, 5.74) is -6.04. The Labute approximate surface area is 268 Å². The number of hydrogen-bond donors (Lipinski definition) is 3. The Morgan fingerprint density at radius 3 is 2.02 bits per heavy atom. The minimum atomic E-state index is -2.12. The fraction of sp³-hybridized carbons (Fsp3) is 0.647. The summed E-state index contributed by atoms with van der Waals surface area (Å²) in [6.07, 6.45) is -8.40. The monoisotopic (exact) mass is 644 g/mol. The van der Waals surface area contributed by atoms with Crippen LogP contribution in [-0.4, -0.2) is 93.6 Å². The zero-order valence-corrected chi connectivity index (χ0v) is 27.4. The molecule has 1 aromatic rings. The third kappa shape index (κ3) is 4.79. The standard InChI is InChI=1S/C34H44O12/c1-16-22(43-18(3)35)14-34(41)29(45-30(40)21-12-10-9-11-13-21)25-32(8,27(39)24(44-19(4)36)23(16)31(34,6)7)26(38)17(2)28-33(25,15-42-28)46-20(5)37/h9-13,17,22,24-29,38-39,41H,14-15H2,1-8H3/t17?,22-,24?,25?,26-,27-,28?,29-,32-,33+,34+/m0/s1. The lowest BCUT2D eigenvalue weighted by atomic mass is 9.43. The SMILES string of the molecule is CC(=O)OC1C2=C(C)[C@@H](OC(C)=O)C[C@@](O)([C@@H](OC(=O)c3ccccc3)C3[C@]4(OC(C)=O)COC4C(C)[C@H](O)[C@@]3(C)[C@H]1O)C2(C)C. The highest BCUT2D eigenvalue weighted by Crippen LogP contribution is 2.66. The molecule has 11 atom stereocenters. The summed E-state index contributed by atoms with van der Waals surface area (Å²) >= 11 is 0. The van der Waals surface area contributed by atoms with Crippen LogP contribution in [0.2, 0.25) is 0 Å². The van der Waals surface area contributed by atoms with Crippen molar-refractivity contribution in [3.8, 4) is 0 Å². The van der Waals surface area contributed by atoms with Crippen molar-refractivity contribution in [3.63, 3.8) is 0 Å². The van der Waals surface area contributed by atoms with Crippen LogP contribution in [0, 0.1) is 22.7 Å². The molecule has 3 fully saturated rings. The van der Waals surface area contributed by atoms with Gasteiger partial charge in [0.15, 0.2) is 11.7 Å². The van der Waals surface area contributed by atoms with Gasteiger partial charge in [-0.2, -0.15) is 0 Å². The maximum absolute atomic E-state index is 13.9. The Morgan fingerprint density at radius 1 is 0.891 bits per heavy atom. The van der Waals surface area contributed by atoms with Crippen LogP contribution < -0.4 is 0 Å². The van der Waals surface area contributed by atoms with E-state index in [4.69, 9.17) is 23.7 Å². The van der Waals surface area contributed by atoms with Gasteiger partial charge in [0, 0.05) is 43.9 Å². The van der Waals surface area contributed by atoms with Crippen LogP contribution in [0.4, 0.5) is 0 Å². The van der Waals surface area contributed by atoms with Crippen LogP contribution in [0.1, 0.15) is 72.2 Å². The number of aliphatic hydroxyl groups is 3. The molecular weight excluding hydrogens is 600 g/mol. The van der Waals surface area contributed by atoms with Gasteiger partial charge in [-0.25, -0.2) is 4.79 Å². The second-order valence-corrected chi connectivity index (χ2v) is 14.0. The topological polar surface area (TPSA) is 175 Å². The molecule has 3 aliphatic carbocycles. The number of esters is 4. The molecule has 4 aliphatic rings. The van der Waals surface area contributed by atoms with E-state index in [1.54, 1.807) is 52.8 Å². The number of fused-ring (bicyclic) bond motifs is 5. The Balaban J connectivity index is 1.88. The molecule has 1 aliphatic heterocycles. The first-order valence-electron chi connectivity index (χ1n) is 15.6. The molecule has 0 spiro atoms. The Hall–Kier alpha value is -3.32. The molecule has 2 bridgehead atoms. The number of rotatable bonds is 5. The van der Waals surface area contributed by atoms with Gasteiger partial charge in [-0.1, -0.05) is 45.9 Å². The van der Waals surface area contributed by atoms with Gasteiger partial charge in [0.25, 0.3) is 0 Å². The summed E-state index contributed by atoms with van der Waals surface area (Å²) < 4.78 is 29.9. The normalized spacial score (nSPS) is 40.9. The molecule has 0 aromatic heterocycles. The molecule has 3 N–H and O–H groups in total. The van der Waals surface area contributed by atoms with E-state index in [9.17, 15) is 34.5 Å². The van der Waals surface area contributed by atoms with Gasteiger partial charge >= 0.3 is 23.9 Å². The van der Waals surface area contributed by atoms with Crippen LogP contribution in [0.15, 0.2) is 41.5 Å². The smallest absolute Gasteiger partial charge is 0.338 e. The second kappa shape index (κ2) is 11.4. The number of aliphatic hydroxyl groups excluding tert-OH is 2. The molecule has 252 valence electrons. The van der Waals surface area contributed by atoms with Gasteiger partial charge in [-0.15, -0.1) is 0 Å². The molecule has 1 heterocycles. The van der Waals surface area contributed by atoms with E-state index in [2.05, 4.69) is 0 Å². The average Bonchev–Trinajstić information content (AvgIpc) is 2.95. The number of carbonyl (C=O) groups excluding carboxylic acids is 4. The van der Waals surface area contributed by atoms with Crippen molar-refractivity contribution in [1.29, 1.82) is 0 Å². The van der Waals surface area contributed by atoms with E-state index in [1.165, 1.54) is 32.9 Å². The molecular formula is C34H44O12. The van der Waals surface area contributed by atoms with Crippen molar-refractivity contribution in [1.82, 2.24) is 0 Å². The van der Waals surface area contributed by atoms with E-state index >= 15 is 0 Å². The van der Waals surface area contributed by atoms with E-state index in [0.717, 1.165) is 0 Å². The molecule has 1 aromatic carbocycles. The summed E-state index contributed by atoms with van der Waals surface area (Å²) in [5.74, 6) is -4.95. The van der Waals surface area contributed by atoms with Crippen LogP contribution in [0.25, 0.3) is 0 Å². The maximum Gasteiger partial charge on any atom is 0.338 e. The molecule has 0 amide bonds. The van der Waals surface area contributed by atoms with E-state index in [-0.39, 0.29) is 24.2 Å². The molecule has 12 heteroatoms. The highest BCUT2D eigenvalue weighted by molar-refractivity contribution is 5.89. The fourth-order valence-corrected chi connectivity index (χ4v) is 8.97. The van der Waals surface area contributed by atoms with E-state index in [0.29, 0.717) is 5.57 Å². The minimum absolute atomic E-state index is 0.165. The molecule has 5 rings (SSSR count). The summed E-state index contributed by atoms with van der Waals surface area (Å²) in [7, 11) is 0. The van der Waals surface area contributed by atoms with Crippen LogP contribution in [0.5, 0.6) is 0 Å². The second-order valence-electron chi connectivity index (χ2n) is 14.0. The Morgan fingerprint density at radius 2 is 1.50 bits per heavy atom. The highest BCUT2D eigenvalue weighted by atomic mass is 16.6. The zero-order chi connectivity index (χ0) is 34.1. The predicted molar refractivity (Wildman–Crippen MR) is 160 cm³/mol. The zero-order valence-electron chi connectivity index (χ0n) is 27.4. The van der Waals surface area contributed by atoms with Gasteiger partial charge in [0.05, 0.1) is 24.2 Å². The molecule has 1 saturated heterocycles. The molecule has 4 unspecified atom stereocenters. The first-order chi connectivity index (χ1) is 21.3. The van der Waals surface area contributed by atoms with Crippen LogP contribution >= 0.6 is 0 Å². The largest absolute Gasteiger partial charge is 0.458 e. The summed E-state index contributed by atoms with van der Waals surface area (Å²) in [6, 6.07) is 8.10. The summed E-state index contributed by atoms with van der Waals surface area (Å²) in [6.45, 7) is 11.6. The van der Waals surface area contributed by atoms with Crippen LogP contribution in [-0.2, 0) is 38.1 Å². The Bertz CT molecular complexity index is 1450. The fourth-order valence-electron chi connectivity index (χ4n) is 8.97. The number of hydrogen-bond acceptors (Lipinski definition) is 12. The van der Waals surface area contributed by atoms with Crippen molar-refractivity contribution >= 4 is 23.9 Å². The summed E-state index contributed by atoms with van der Waals surface area (Å²) in [5, 5.41) is 37.9. The Kier molecular flexibility index (Phi) is 8.46. The van der Waals surface area contributed by atoms with Crippen molar-refractivity contribution in [2.75, 3.05) is 6.61 Å². The minimum Gasteiger partial charge on any atom is -0.458 e. The van der Waals surface area contributed by atoms with Crippen molar-refractivity contribution in [2.45, 2.75) is 110 Å². The summed E-state index contributed by atoms with van der Waals surface area (Å²) in [4.78, 5) is 51.7. The maximum atomic E-state index is 13.9. The van der Waals surface area contributed by atoms with E-state index in [1.807, 2.05) is 0 Å². The van der Waals surface area contributed by atoms with Gasteiger partial charge < -0.3 is 39.0 Å². The lowest BCUT2D eigenvalue weighted by molar-refractivity contribution is -0.379. The first kappa shape index (κ1) is 34.0. The predicted octanol–water partition coefficient (Wildman–Crippen LogP) is 2.26. The molecule has 2 saturated carbocycles. The lowest BCUT2D eigenvalue weighted by Crippen LogP contribution is -2.84. The third-order valence-corrected chi connectivity index (χ3v) is 11.1. The number of benzene rings is 1. The first-order valence-corrected chi connectivity index (χ1v) is 15.6. The van der Waals surface area contributed by atoms with Crippen molar-refractivity contribution in [2.24, 2.45) is 22.7 Å². The van der Waals surface area contributed by atoms with Crippen molar-refractivity contribution < 1.29 is 58.2 Å². The van der Waals surface area contributed by atoms with E-state index < -0.39 is 94.4 Å². The molecule has 0 radical (unpaired) electrons. The van der Waals surface area contributed by atoms with Gasteiger partial charge in [-0.05, 0) is 30.2 Å². The molecule has 12 nitrogen and oxygen atoms in total. The number of ether oxygens (including phenoxy) is 5. The highest BCUT2D eigenvalue weighted by Gasteiger charge is 2.79. The number of carbonyl (C=O) groups is 4. The third-order valence-electron chi connectivity index (χ3n) is 11.1. The lowest BCUT2D eigenvalue weighted by Gasteiger charge is -2.70. The van der Waals surface area contributed by atoms with Gasteiger partial charge in [0.1, 0.15) is 30.0 Å².